The maximum atomic E-state index is 12.8. The van der Waals surface area contributed by atoms with E-state index < -0.39 is 11.6 Å². The van der Waals surface area contributed by atoms with Crippen molar-refractivity contribution in [3.8, 4) is 11.5 Å². The van der Waals surface area contributed by atoms with Crippen LogP contribution in [0, 0.1) is 11.8 Å². The van der Waals surface area contributed by atoms with Crippen LogP contribution in [0.2, 0.25) is 0 Å². The topological polar surface area (TPSA) is 76.0 Å². The third kappa shape index (κ3) is 5.86. The van der Waals surface area contributed by atoms with Gasteiger partial charge in [-0.2, -0.15) is 0 Å². The van der Waals surface area contributed by atoms with Gasteiger partial charge in [-0.25, -0.2) is 4.79 Å². The molecule has 1 aromatic carbocycles. The number of ether oxygens (including phenoxy) is 2. The molecular formula is C23H32O5. The molecule has 0 bridgehead atoms. The van der Waals surface area contributed by atoms with Crippen LogP contribution in [0.4, 0.5) is 0 Å². The average Bonchev–Trinajstić information content (AvgIpc) is 2.60. The lowest BCUT2D eigenvalue weighted by Crippen LogP contribution is -2.31. The van der Waals surface area contributed by atoms with E-state index in [2.05, 4.69) is 19.9 Å². The van der Waals surface area contributed by atoms with Crippen molar-refractivity contribution in [2.75, 3.05) is 7.11 Å². The largest absolute Gasteiger partial charge is 0.504 e. The number of benzene rings is 1. The smallest absolute Gasteiger partial charge is 0.338 e. The van der Waals surface area contributed by atoms with Gasteiger partial charge in [-0.15, -0.1) is 0 Å². The van der Waals surface area contributed by atoms with Crippen LogP contribution in [0.5, 0.6) is 11.5 Å². The monoisotopic (exact) mass is 388 g/mol. The molecule has 2 N–H and O–H groups in total. The number of aliphatic hydroxyl groups is 1. The van der Waals surface area contributed by atoms with E-state index in [-0.39, 0.29) is 29.4 Å². The summed E-state index contributed by atoms with van der Waals surface area (Å²) in [5, 5.41) is 20.3. The fourth-order valence-electron chi connectivity index (χ4n) is 3.46. The SMILES string of the molecule is COc1cc(C(=O)O[C@H]2CC(C)=CCC[C@](C)(O)C=C[C@@H]2C(C)C)ccc1O. The van der Waals surface area contributed by atoms with E-state index in [4.69, 9.17) is 9.47 Å². The molecule has 154 valence electrons. The van der Waals surface area contributed by atoms with Crippen LogP contribution < -0.4 is 4.74 Å². The van der Waals surface area contributed by atoms with Gasteiger partial charge in [-0.1, -0.05) is 37.6 Å². The Morgan fingerprint density at radius 3 is 2.68 bits per heavy atom. The second-order valence-corrected chi connectivity index (χ2v) is 8.16. The molecule has 0 saturated carbocycles. The lowest BCUT2D eigenvalue weighted by molar-refractivity contribution is 0.0139. The molecule has 5 heteroatoms. The Morgan fingerprint density at radius 2 is 2.04 bits per heavy atom. The number of aromatic hydroxyl groups is 1. The summed E-state index contributed by atoms with van der Waals surface area (Å²) in [6.07, 6.45) is 7.63. The van der Waals surface area contributed by atoms with Crippen LogP contribution >= 0.6 is 0 Å². The average molecular weight is 389 g/mol. The summed E-state index contributed by atoms with van der Waals surface area (Å²) in [7, 11) is 1.44. The van der Waals surface area contributed by atoms with Crippen molar-refractivity contribution >= 4 is 5.97 Å². The summed E-state index contributed by atoms with van der Waals surface area (Å²) in [4.78, 5) is 12.8. The lowest BCUT2D eigenvalue weighted by atomic mass is 9.83. The molecule has 0 spiro atoms. The minimum atomic E-state index is -0.889. The lowest BCUT2D eigenvalue weighted by Gasteiger charge is -2.30. The van der Waals surface area contributed by atoms with E-state index in [1.165, 1.54) is 25.3 Å². The minimum absolute atomic E-state index is 0.0262. The predicted molar refractivity (Wildman–Crippen MR) is 110 cm³/mol. The highest BCUT2D eigenvalue weighted by atomic mass is 16.5. The number of carbonyl (C=O) groups excluding carboxylic acids is 1. The van der Waals surface area contributed by atoms with Crippen LogP contribution in [0.15, 0.2) is 42.0 Å². The number of methoxy groups -OCH3 is 1. The van der Waals surface area contributed by atoms with Crippen molar-refractivity contribution in [3.05, 3.63) is 47.6 Å². The first-order valence-corrected chi connectivity index (χ1v) is 9.78. The van der Waals surface area contributed by atoms with Crippen LogP contribution in [0.25, 0.3) is 0 Å². The summed E-state index contributed by atoms with van der Waals surface area (Å²) in [5.41, 5.74) is 0.574. The normalized spacial score (nSPS) is 25.9. The van der Waals surface area contributed by atoms with Gasteiger partial charge < -0.3 is 19.7 Å². The van der Waals surface area contributed by atoms with E-state index in [1.54, 1.807) is 6.92 Å². The molecule has 2 rings (SSSR count). The number of phenolic OH excluding ortho intramolecular Hbond substituents is 1. The summed E-state index contributed by atoms with van der Waals surface area (Å²) in [6, 6.07) is 4.42. The van der Waals surface area contributed by atoms with Crippen LogP contribution in [-0.4, -0.2) is 35.0 Å². The molecule has 0 amide bonds. The molecular weight excluding hydrogens is 356 g/mol. The van der Waals surface area contributed by atoms with Crippen molar-refractivity contribution in [3.63, 3.8) is 0 Å². The van der Waals surface area contributed by atoms with Gasteiger partial charge in [0.05, 0.1) is 18.3 Å². The number of rotatable bonds is 4. The van der Waals surface area contributed by atoms with Gasteiger partial charge >= 0.3 is 5.97 Å². The highest BCUT2D eigenvalue weighted by Crippen LogP contribution is 2.31. The molecule has 0 fully saturated rings. The Balaban J connectivity index is 2.32. The molecule has 0 unspecified atom stereocenters. The highest BCUT2D eigenvalue weighted by molar-refractivity contribution is 5.90. The molecule has 0 radical (unpaired) electrons. The zero-order valence-corrected chi connectivity index (χ0v) is 17.4. The van der Waals surface area contributed by atoms with Crippen LogP contribution in [0.1, 0.15) is 57.3 Å². The highest BCUT2D eigenvalue weighted by Gasteiger charge is 2.29. The molecule has 1 aromatic rings. The number of allylic oxidation sites excluding steroid dienone is 1. The quantitative estimate of drug-likeness (QED) is 0.581. The Labute approximate surface area is 167 Å². The van der Waals surface area contributed by atoms with Gasteiger partial charge in [0.2, 0.25) is 0 Å². The molecule has 5 nitrogen and oxygen atoms in total. The maximum absolute atomic E-state index is 12.8. The Kier molecular flexibility index (Phi) is 7.30. The van der Waals surface area contributed by atoms with Crippen LogP contribution in [0.3, 0.4) is 0 Å². The zero-order valence-electron chi connectivity index (χ0n) is 17.4. The number of hydrogen-bond donors (Lipinski definition) is 2. The standard InChI is InChI=1S/C23H32O5/c1-15(2)18-10-12-23(4,26)11-6-7-16(3)13-20(18)28-22(25)17-8-9-19(24)21(14-17)27-5/h7-10,12,14-15,18,20,24,26H,6,11,13H2,1-5H3/t18-,20+,23+/m1/s1. The van der Waals surface area contributed by atoms with Crippen molar-refractivity contribution in [1.29, 1.82) is 0 Å². The Bertz CT molecular complexity index is 745. The van der Waals surface area contributed by atoms with Gasteiger partial charge in [0.15, 0.2) is 11.5 Å². The zero-order chi connectivity index (χ0) is 20.9. The van der Waals surface area contributed by atoms with Gasteiger partial charge in [-0.3, -0.25) is 0 Å². The molecule has 0 saturated heterocycles. The number of esters is 1. The first kappa shape index (κ1) is 22.0. The van der Waals surface area contributed by atoms with E-state index in [0.29, 0.717) is 18.4 Å². The first-order valence-electron chi connectivity index (χ1n) is 9.78. The second kappa shape index (κ2) is 9.28. The summed E-state index contributed by atoms with van der Waals surface area (Å²) >= 11 is 0. The van der Waals surface area contributed by atoms with Crippen molar-refractivity contribution in [2.24, 2.45) is 11.8 Å². The molecule has 1 aliphatic rings. The van der Waals surface area contributed by atoms with Gasteiger partial charge in [0, 0.05) is 12.3 Å². The summed E-state index contributed by atoms with van der Waals surface area (Å²) in [5.74, 6) is -0.0594. The van der Waals surface area contributed by atoms with Crippen molar-refractivity contribution < 1.29 is 24.5 Å². The third-order valence-corrected chi connectivity index (χ3v) is 5.22. The van der Waals surface area contributed by atoms with Gasteiger partial charge in [0.1, 0.15) is 6.10 Å². The van der Waals surface area contributed by atoms with Crippen LogP contribution in [-0.2, 0) is 4.74 Å². The van der Waals surface area contributed by atoms with Crippen molar-refractivity contribution in [2.45, 2.75) is 58.7 Å². The van der Waals surface area contributed by atoms with E-state index in [0.717, 1.165) is 12.0 Å². The number of carbonyl (C=O) groups is 1. The molecule has 3 atom stereocenters. The Hall–Kier alpha value is -2.27. The Morgan fingerprint density at radius 1 is 1.32 bits per heavy atom. The predicted octanol–water partition coefficient (Wildman–Crippen LogP) is 4.64. The van der Waals surface area contributed by atoms with E-state index in [9.17, 15) is 15.0 Å². The molecule has 28 heavy (non-hydrogen) atoms. The van der Waals surface area contributed by atoms with E-state index >= 15 is 0 Å². The number of hydrogen-bond acceptors (Lipinski definition) is 5. The van der Waals surface area contributed by atoms with Gasteiger partial charge in [0.25, 0.3) is 0 Å². The van der Waals surface area contributed by atoms with Crippen molar-refractivity contribution in [1.82, 2.24) is 0 Å². The first-order chi connectivity index (χ1) is 13.1. The fourth-order valence-corrected chi connectivity index (χ4v) is 3.46. The fraction of sp³-hybridized carbons (Fsp3) is 0.522. The number of phenols is 1. The molecule has 1 aliphatic carbocycles. The van der Waals surface area contributed by atoms with E-state index in [1.807, 2.05) is 19.1 Å². The summed E-state index contributed by atoms with van der Waals surface area (Å²) < 4.78 is 11.0. The molecule has 0 aromatic heterocycles. The maximum Gasteiger partial charge on any atom is 0.338 e. The molecule has 0 heterocycles. The third-order valence-electron chi connectivity index (χ3n) is 5.22. The van der Waals surface area contributed by atoms with Gasteiger partial charge in [-0.05, 0) is 50.8 Å². The second-order valence-electron chi connectivity index (χ2n) is 8.16. The summed E-state index contributed by atoms with van der Waals surface area (Å²) in [6.45, 7) is 8.00. The molecule has 0 aliphatic heterocycles. The minimum Gasteiger partial charge on any atom is -0.504 e.